The molecule has 1 heterocycles. The predicted octanol–water partition coefficient (Wildman–Crippen LogP) is -0.542. The SMILES string of the molecule is COC(=O)ON1COC(=O)[C@@H]1CC=O. The van der Waals surface area contributed by atoms with Gasteiger partial charge in [0.15, 0.2) is 12.8 Å². The van der Waals surface area contributed by atoms with Crippen LogP contribution < -0.4 is 0 Å². The second kappa shape index (κ2) is 4.56. The molecule has 0 aliphatic carbocycles. The molecule has 14 heavy (non-hydrogen) atoms. The van der Waals surface area contributed by atoms with Gasteiger partial charge >= 0.3 is 12.1 Å². The molecule has 78 valence electrons. The highest BCUT2D eigenvalue weighted by Gasteiger charge is 2.37. The molecule has 1 aliphatic rings. The van der Waals surface area contributed by atoms with Crippen molar-refractivity contribution >= 4 is 18.4 Å². The zero-order valence-corrected chi connectivity index (χ0v) is 7.47. The summed E-state index contributed by atoms with van der Waals surface area (Å²) in [6.45, 7) is -0.188. The van der Waals surface area contributed by atoms with E-state index in [-0.39, 0.29) is 13.2 Å². The fraction of sp³-hybridized carbons (Fsp3) is 0.571. The average Bonchev–Trinajstić information content (AvgIpc) is 2.50. The summed E-state index contributed by atoms with van der Waals surface area (Å²) in [4.78, 5) is 36.4. The first kappa shape index (κ1) is 10.5. The summed E-state index contributed by atoms with van der Waals surface area (Å²) in [6, 6.07) is -0.869. The van der Waals surface area contributed by atoms with Gasteiger partial charge in [-0.05, 0) is 0 Å². The van der Waals surface area contributed by atoms with Gasteiger partial charge in [0.2, 0.25) is 0 Å². The average molecular weight is 203 g/mol. The van der Waals surface area contributed by atoms with Crippen molar-refractivity contribution in [3.05, 3.63) is 0 Å². The van der Waals surface area contributed by atoms with Crippen molar-refractivity contribution < 1.29 is 28.7 Å². The van der Waals surface area contributed by atoms with Crippen LogP contribution >= 0.6 is 0 Å². The first-order valence-corrected chi connectivity index (χ1v) is 3.82. The van der Waals surface area contributed by atoms with Crippen LogP contribution in [0.1, 0.15) is 6.42 Å². The van der Waals surface area contributed by atoms with Crippen LogP contribution in [0.2, 0.25) is 0 Å². The number of esters is 1. The van der Waals surface area contributed by atoms with Crippen molar-refractivity contribution in [2.75, 3.05) is 13.8 Å². The Hall–Kier alpha value is -1.63. The molecule has 1 saturated heterocycles. The number of carbonyl (C=O) groups excluding carboxylic acids is 3. The molecule has 0 saturated carbocycles. The maximum Gasteiger partial charge on any atom is 0.527 e. The maximum absolute atomic E-state index is 11.0. The first-order valence-electron chi connectivity index (χ1n) is 3.82. The summed E-state index contributed by atoms with van der Waals surface area (Å²) in [5.74, 6) is -0.596. The van der Waals surface area contributed by atoms with E-state index in [4.69, 9.17) is 0 Å². The highest BCUT2D eigenvalue weighted by molar-refractivity contribution is 5.80. The molecule has 0 radical (unpaired) electrons. The molecule has 0 amide bonds. The molecule has 0 aromatic heterocycles. The normalized spacial score (nSPS) is 21.5. The van der Waals surface area contributed by atoms with Crippen LogP contribution in [0.5, 0.6) is 0 Å². The van der Waals surface area contributed by atoms with Gasteiger partial charge in [-0.25, -0.2) is 4.79 Å². The zero-order valence-electron chi connectivity index (χ0n) is 7.47. The summed E-state index contributed by atoms with van der Waals surface area (Å²) in [7, 11) is 1.13. The molecular formula is C7H9NO6. The number of methoxy groups -OCH3 is 1. The third kappa shape index (κ3) is 2.19. The summed E-state index contributed by atoms with van der Waals surface area (Å²) in [5, 5.41) is 0.961. The van der Waals surface area contributed by atoms with Crippen LogP contribution in [0.4, 0.5) is 4.79 Å². The molecule has 0 spiro atoms. The lowest BCUT2D eigenvalue weighted by atomic mass is 10.2. The molecule has 1 fully saturated rings. The molecule has 7 nitrogen and oxygen atoms in total. The molecule has 0 unspecified atom stereocenters. The Morgan fingerprint density at radius 1 is 1.79 bits per heavy atom. The monoisotopic (exact) mass is 203 g/mol. The number of ether oxygens (including phenoxy) is 2. The van der Waals surface area contributed by atoms with E-state index in [1.165, 1.54) is 0 Å². The lowest BCUT2D eigenvalue weighted by molar-refractivity contribution is -0.150. The quantitative estimate of drug-likeness (QED) is 0.450. The van der Waals surface area contributed by atoms with Gasteiger partial charge in [0.05, 0.1) is 7.11 Å². The number of hydrogen-bond donors (Lipinski definition) is 0. The Labute approximate surface area is 79.5 Å². The minimum absolute atomic E-state index is 0.0875. The number of nitrogens with zero attached hydrogens (tertiary/aromatic N) is 1. The van der Waals surface area contributed by atoms with Gasteiger partial charge in [0.25, 0.3) is 0 Å². The largest absolute Gasteiger partial charge is 0.527 e. The molecule has 0 aromatic carbocycles. The zero-order chi connectivity index (χ0) is 10.6. The maximum atomic E-state index is 11.0. The molecule has 1 rings (SSSR count). The van der Waals surface area contributed by atoms with E-state index in [1.54, 1.807) is 0 Å². The standard InChI is InChI=1S/C7H9NO6/c1-12-7(11)14-8-4-13-6(10)5(8)2-3-9/h3,5H,2,4H2,1H3/t5-/m0/s1. The van der Waals surface area contributed by atoms with Gasteiger partial charge in [-0.2, -0.15) is 0 Å². The van der Waals surface area contributed by atoms with Gasteiger partial charge in [0, 0.05) is 6.42 Å². The topological polar surface area (TPSA) is 82.1 Å². The number of hydroxylamine groups is 2. The molecule has 1 aliphatic heterocycles. The van der Waals surface area contributed by atoms with Crippen LogP contribution in [0.15, 0.2) is 0 Å². The first-order chi connectivity index (χ1) is 6.69. The van der Waals surface area contributed by atoms with E-state index >= 15 is 0 Å². The number of hydrogen-bond acceptors (Lipinski definition) is 7. The molecular weight excluding hydrogens is 194 g/mol. The Morgan fingerprint density at radius 2 is 2.50 bits per heavy atom. The van der Waals surface area contributed by atoms with Gasteiger partial charge in [-0.1, -0.05) is 5.06 Å². The molecule has 7 heteroatoms. The number of carbonyl (C=O) groups is 3. The number of cyclic esters (lactones) is 1. The Kier molecular flexibility index (Phi) is 3.41. The molecule has 0 aromatic rings. The number of rotatable bonds is 3. The van der Waals surface area contributed by atoms with Crippen molar-refractivity contribution in [2.45, 2.75) is 12.5 Å². The Balaban J connectivity index is 2.55. The van der Waals surface area contributed by atoms with Gasteiger partial charge in [-0.15, -0.1) is 0 Å². The van der Waals surface area contributed by atoms with E-state index in [9.17, 15) is 14.4 Å². The van der Waals surface area contributed by atoms with E-state index in [2.05, 4.69) is 14.3 Å². The van der Waals surface area contributed by atoms with E-state index in [0.717, 1.165) is 12.2 Å². The Bertz CT molecular complexity index is 253. The van der Waals surface area contributed by atoms with Crippen LogP contribution in [-0.4, -0.2) is 43.4 Å². The highest BCUT2D eigenvalue weighted by atomic mass is 16.8. The summed E-state index contributed by atoms with van der Waals surface area (Å²) >= 11 is 0. The van der Waals surface area contributed by atoms with Gasteiger partial charge < -0.3 is 19.1 Å². The second-order valence-corrected chi connectivity index (χ2v) is 2.47. The molecule has 0 N–H and O–H groups in total. The van der Waals surface area contributed by atoms with Crippen molar-refractivity contribution in [3.63, 3.8) is 0 Å². The van der Waals surface area contributed by atoms with Crippen LogP contribution in [0, 0.1) is 0 Å². The van der Waals surface area contributed by atoms with Crippen molar-refractivity contribution in [1.29, 1.82) is 0 Å². The third-order valence-corrected chi connectivity index (χ3v) is 1.63. The molecule has 0 bridgehead atoms. The van der Waals surface area contributed by atoms with Crippen molar-refractivity contribution in [3.8, 4) is 0 Å². The Morgan fingerprint density at radius 3 is 3.07 bits per heavy atom. The second-order valence-electron chi connectivity index (χ2n) is 2.47. The summed E-state index contributed by atoms with van der Waals surface area (Å²) < 4.78 is 8.79. The summed E-state index contributed by atoms with van der Waals surface area (Å²) in [5.41, 5.74) is 0. The predicted molar refractivity (Wildman–Crippen MR) is 40.8 cm³/mol. The smallest absolute Gasteiger partial charge is 0.445 e. The minimum atomic E-state index is -0.959. The van der Waals surface area contributed by atoms with Crippen LogP contribution in [0.25, 0.3) is 0 Å². The highest BCUT2D eigenvalue weighted by Crippen LogP contribution is 2.14. The van der Waals surface area contributed by atoms with Gasteiger partial charge in [0.1, 0.15) is 6.29 Å². The summed E-state index contributed by atoms with van der Waals surface area (Å²) in [6.07, 6.45) is -0.500. The third-order valence-electron chi connectivity index (χ3n) is 1.63. The fourth-order valence-electron chi connectivity index (χ4n) is 0.959. The fourth-order valence-corrected chi connectivity index (χ4v) is 0.959. The van der Waals surface area contributed by atoms with Gasteiger partial charge in [-0.3, -0.25) is 4.79 Å². The molecule has 1 atom stereocenters. The lowest BCUT2D eigenvalue weighted by Gasteiger charge is -2.15. The van der Waals surface area contributed by atoms with E-state index in [1.807, 2.05) is 0 Å². The van der Waals surface area contributed by atoms with Crippen molar-refractivity contribution in [2.24, 2.45) is 0 Å². The van der Waals surface area contributed by atoms with Crippen LogP contribution in [0.3, 0.4) is 0 Å². The number of aldehydes is 1. The minimum Gasteiger partial charge on any atom is -0.445 e. The van der Waals surface area contributed by atoms with Crippen molar-refractivity contribution in [1.82, 2.24) is 5.06 Å². The van der Waals surface area contributed by atoms with Crippen LogP contribution in [-0.2, 0) is 23.9 Å². The van der Waals surface area contributed by atoms with E-state index in [0.29, 0.717) is 6.29 Å². The lowest BCUT2D eigenvalue weighted by Crippen LogP contribution is -2.35. The van der Waals surface area contributed by atoms with E-state index < -0.39 is 18.2 Å².